The molecule has 2 aromatic carbocycles. The topological polar surface area (TPSA) is 85.6 Å². The maximum absolute atomic E-state index is 12.1. The van der Waals surface area contributed by atoms with Crippen LogP contribution in [0.3, 0.4) is 0 Å². The Labute approximate surface area is 173 Å². The minimum atomic E-state index is -0.636. The van der Waals surface area contributed by atoms with E-state index in [0.717, 1.165) is 0 Å². The van der Waals surface area contributed by atoms with Gasteiger partial charge in [-0.15, -0.1) is 0 Å². The molecule has 0 saturated heterocycles. The van der Waals surface area contributed by atoms with E-state index in [-0.39, 0.29) is 11.3 Å². The van der Waals surface area contributed by atoms with Crippen molar-refractivity contribution in [3.63, 3.8) is 0 Å². The molecule has 0 spiro atoms. The first-order chi connectivity index (χ1) is 13.5. The number of esters is 1. The summed E-state index contributed by atoms with van der Waals surface area (Å²) >= 11 is 9.22. The SMILES string of the molecule is O=Cc1ccc(-c2ccc(C(=O)OCC(=O)Nc3ccc(Br)c(Cl)c3)cc2)o1. The number of nitrogens with one attached hydrogen (secondary N) is 1. The van der Waals surface area contributed by atoms with E-state index < -0.39 is 18.5 Å². The number of amides is 1. The molecule has 0 aliphatic carbocycles. The van der Waals surface area contributed by atoms with Crippen LogP contribution < -0.4 is 5.32 Å². The zero-order valence-corrected chi connectivity index (χ0v) is 16.6. The van der Waals surface area contributed by atoms with Crippen molar-refractivity contribution in [1.29, 1.82) is 0 Å². The van der Waals surface area contributed by atoms with Gasteiger partial charge >= 0.3 is 5.97 Å². The number of hydrogen-bond acceptors (Lipinski definition) is 5. The van der Waals surface area contributed by atoms with Gasteiger partial charge in [0.2, 0.25) is 0 Å². The molecular weight excluding hydrogens is 450 g/mol. The van der Waals surface area contributed by atoms with Crippen LogP contribution in [-0.4, -0.2) is 24.8 Å². The van der Waals surface area contributed by atoms with Crippen molar-refractivity contribution >= 4 is 51.4 Å². The van der Waals surface area contributed by atoms with E-state index in [0.29, 0.717) is 32.8 Å². The molecule has 1 N–H and O–H groups in total. The van der Waals surface area contributed by atoms with Crippen LogP contribution in [0.5, 0.6) is 0 Å². The number of halogens is 2. The van der Waals surface area contributed by atoms with E-state index in [9.17, 15) is 14.4 Å². The molecule has 0 radical (unpaired) electrons. The van der Waals surface area contributed by atoms with Crippen LogP contribution in [0.2, 0.25) is 5.02 Å². The lowest BCUT2D eigenvalue weighted by molar-refractivity contribution is -0.119. The largest absolute Gasteiger partial charge is 0.453 e. The number of ether oxygens (including phenoxy) is 1. The van der Waals surface area contributed by atoms with Crippen LogP contribution >= 0.6 is 27.5 Å². The van der Waals surface area contributed by atoms with E-state index in [1.54, 1.807) is 54.6 Å². The molecule has 28 heavy (non-hydrogen) atoms. The number of benzene rings is 2. The highest BCUT2D eigenvalue weighted by Gasteiger charge is 2.12. The third-order valence-electron chi connectivity index (χ3n) is 3.69. The van der Waals surface area contributed by atoms with Gasteiger partial charge in [-0.05, 0) is 58.4 Å². The lowest BCUT2D eigenvalue weighted by atomic mass is 10.1. The molecule has 0 atom stereocenters. The lowest BCUT2D eigenvalue weighted by Gasteiger charge is -2.08. The molecule has 0 unspecified atom stereocenters. The zero-order chi connectivity index (χ0) is 20.1. The summed E-state index contributed by atoms with van der Waals surface area (Å²) < 4.78 is 11.0. The summed E-state index contributed by atoms with van der Waals surface area (Å²) in [5, 5.41) is 3.04. The second-order valence-electron chi connectivity index (χ2n) is 5.65. The summed E-state index contributed by atoms with van der Waals surface area (Å²) in [6.07, 6.45) is 0.614. The highest BCUT2D eigenvalue weighted by Crippen LogP contribution is 2.25. The second-order valence-corrected chi connectivity index (χ2v) is 6.91. The summed E-state index contributed by atoms with van der Waals surface area (Å²) in [4.78, 5) is 34.7. The highest BCUT2D eigenvalue weighted by molar-refractivity contribution is 9.10. The Bertz CT molecular complexity index is 1030. The van der Waals surface area contributed by atoms with Gasteiger partial charge in [-0.25, -0.2) is 4.79 Å². The van der Waals surface area contributed by atoms with Gasteiger partial charge in [0.15, 0.2) is 18.7 Å². The van der Waals surface area contributed by atoms with Crippen LogP contribution in [0.25, 0.3) is 11.3 Å². The normalized spacial score (nSPS) is 10.4. The fourth-order valence-electron chi connectivity index (χ4n) is 2.33. The Morgan fingerprint density at radius 1 is 1.11 bits per heavy atom. The van der Waals surface area contributed by atoms with E-state index in [1.807, 2.05) is 0 Å². The molecule has 142 valence electrons. The molecule has 3 rings (SSSR count). The highest BCUT2D eigenvalue weighted by atomic mass is 79.9. The van der Waals surface area contributed by atoms with Crippen molar-refractivity contribution in [3.8, 4) is 11.3 Å². The van der Waals surface area contributed by atoms with E-state index >= 15 is 0 Å². The molecule has 3 aromatic rings. The van der Waals surface area contributed by atoms with Crippen LogP contribution in [-0.2, 0) is 9.53 Å². The Balaban J connectivity index is 1.56. The fourth-order valence-corrected chi connectivity index (χ4v) is 2.75. The van der Waals surface area contributed by atoms with E-state index in [4.69, 9.17) is 20.8 Å². The van der Waals surface area contributed by atoms with Gasteiger partial charge in [-0.2, -0.15) is 0 Å². The number of aldehydes is 1. The molecule has 8 heteroatoms. The average Bonchev–Trinajstić information content (AvgIpc) is 3.18. The minimum Gasteiger partial charge on any atom is -0.453 e. The average molecular weight is 463 g/mol. The van der Waals surface area contributed by atoms with Gasteiger partial charge in [0.25, 0.3) is 5.91 Å². The number of carbonyl (C=O) groups is 3. The predicted octanol–water partition coefficient (Wildman–Crippen LogP) is 4.97. The van der Waals surface area contributed by atoms with Gasteiger partial charge in [-0.3, -0.25) is 9.59 Å². The monoisotopic (exact) mass is 461 g/mol. The van der Waals surface area contributed by atoms with Crippen molar-refractivity contribution in [2.45, 2.75) is 0 Å². The van der Waals surface area contributed by atoms with Gasteiger partial charge in [0, 0.05) is 15.7 Å². The molecule has 6 nitrogen and oxygen atoms in total. The molecule has 0 fully saturated rings. The first-order valence-electron chi connectivity index (χ1n) is 8.04. The van der Waals surface area contributed by atoms with Crippen molar-refractivity contribution in [1.82, 2.24) is 0 Å². The molecule has 1 aromatic heterocycles. The number of furan rings is 1. The molecule has 0 aliphatic heterocycles. The fraction of sp³-hybridized carbons (Fsp3) is 0.0500. The van der Waals surface area contributed by atoms with Crippen molar-refractivity contribution in [2.24, 2.45) is 0 Å². The molecule has 0 bridgehead atoms. The summed E-state index contributed by atoms with van der Waals surface area (Å²) in [5.41, 5.74) is 1.48. The predicted molar refractivity (Wildman–Crippen MR) is 108 cm³/mol. The maximum atomic E-state index is 12.1. The van der Waals surface area contributed by atoms with Crippen LogP contribution in [0.4, 0.5) is 5.69 Å². The quantitative estimate of drug-likeness (QED) is 0.413. The molecule has 1 heterocycles. The number of anilines is 1. The lowest BCUT2D eigenvalue weighted by Crippen LogP contribution is -2.20. The Morgan fingerprint density at radius 3 is 2.50 bits per heavy atom. The maximum Gasteiger partial charge on any atom is 0.338 e. The van der Waals surface area contributed by atoms with E-state index in [2.05, 4.69) is 21.2 Å². The number of hydrogen-bond donors (Lipinski definition) is 1. The molecule has 0 aliphatic rings. The van der Waals surface area contributed by atoms with Gasteiger partial charge in [0.05, 0.1) is 10.6 Å². The van der Waals surface area contributed by atoms with Crippen LogP contribution in [0.15, 0.2) is 63.5 Å². The van der Waals surface area contributed by atoms with Crippen molar-refractivity contribution in [2.75, 3.05) is 11.9 Å². The Hall–Kier alpha value is -2.90. The standard InChI is InChI=1S/C20H13BrClNO5/c21-16-7-5-14(9-17(16)22)23-19(25)11-27-20(26)13-3-1-12(2-4-13)18-8-6-15(10-24)28-18/h1-10H,11H2,(H,23,25). The smallest absolute Gasteiger partial charge is 0.338 e. The summed E-state index contributed by atoms with van der Waals surface area (Å²) in [5.74, 6) is -0.394. The molecule has 1 amide bonds. The van der Waals surface area contributed by atoms with Crippen molar-refractivity contribution in [3.05, 3.63) is 75.4 Å². The van der Waals surface area contributed by atoms with Crippen LogP contribution in [0.1, 0.15) is 20.9 Å². The first-order valence-corrected chi connectivity index (χ1v) is 9.21. The third kappa shape index (κ3) is 4.88. The van der Waals surface area contributed by atoms with E-state index in [1.165, 1.54) is 0 Å². The van der Waals surface area contributed by atoms with Crippen molar-refractivity contribution < 1.29 is 23.5 Å². The third-order valence-corrected chi connectivity index (χ3v) is 4.92. The molecule has 0 saturated carbocycles. The van der Waals surface area contributed by atoms with Gasteiger partial charge in [-0.1, -0.05) is 23.7 Å². The molecular formula is C20H13BrClNO5. The first kappa shape index (κ1) is 19.9. The van der Waals surface area contributed by atoms with Gasteiger partial charge in [0.1, 0.15) is 5.76 Å². The summed E-state index contributed by atoms with van der Waals surface area (Å²) in [7, 11) is 0. The Morgan fingerprint density at radius 2 is 1.86 bits per heavy atom. The van der Waals surface area contributed by atoms with Gasteiger partial charge < -0.3 is 14.5 Å². The van der Waals surface area contributed by atoms with Crippen LogP contribution in [0, 0.1) is 0 Å². The minimum absolute atomic E-state index is 0.219. The Kier molecular flexibility index (Phi) is 6.28. The second kappa shape index (κ2) is 8.86. The summed E-state index contributed by atoms with van der Waals surface area (Å²) in [6, 6.07) is 14.6. The summed E-state index contributed by atoms with van der Waals surface area (Å²) in [6.45, 7) is -0.435. The number of rotatable bonds is 6. The number of carbonyl (C=O) groups excluding carboxylic acids is 3. The zero-order valence-electron chi connectivity index (χ0n) is 14.3.